The average molecular weight is 264 g/mol. The predicted octanol–water partition coefficient (Wildman–Crippen LogP) is 2.34. The molecule has 0 bridgehead atoms. The van der Waals surface area contributed by atoms with Gasteiger partial charge in [-0.15, -0.1) is 0 Å². The Bertz CT molecular complexity index is 349. The minimum absolute atomic E-state index is 0.0554. The van der Waals surface area contributed by atoms with Crippen LogP contribution in [0.2, 0.25) is 0 Å². The highest BCUT2D eigenvalue weighted by Gasteiger charge is 2.30. The van der Waals surface area contributed by atoms with E-state index in [-0.39, 0.29) is 18.1 Å². The second kappa shape index (κ2) is 5.85. The molecule has 0 fully saturated rings. The standard InChI is InChI=1S/C12H24O4S/c1-9(2)8-10(11(13)14)6-7-17(15,16)12(3,4)5/h9-10H,6-8H2,1-5H3,(H,13,14). The molecule has 1 atom stereocenters. The topological polar surface area (TPSA) is 71.4 Å². The van der Waals surface area contributed by atoms with Crippen LogP contribution in [0.4, 0.5) is 0 Å². The van der Waals surface area contributed by atoms with Gasteiger partial charge in [0.15, 0.2) is 9.84 Å². The van der Waals surface area contributed by atoms with Crippen LogP contribution in [0.1, 0.15) is 47.5 Å². The maximum atomic E-state index is 11.9. The van der Waals surface area contributed by atoms with Crippen LogP contribution in [0.25, 0.3) is 0 Å². The summed E-state index contributed by atoms with van der Waals surface area (Å²) < 4.78 is 22.9. The minimum Gasteiger partial charge on any atom is -0.481 e. The summed E-state index contributed by atoms with van der Waals surface area (Å²) in [5.41, 5.74) is 0. The molecule has 0 aliphatic carbocycles. The minimum atomic E-state index is -3.23. The first-order valence-corrected chi connectivity index (χ1v) is 7.57. The number of hydrogen-bond acceptors (Lipinski definition) is 3. The summed E-state index contributed by atoms with van der Waals surface area (Å²) in [5, 5.41) is 9.03. The highest BCUT2D eigenvalue weighted by molar-refractivity contribution is 7.92. The first-order valence-electron chi connectivity index (χ1n) is 5.92. The Morgan fingerprint density at radius 1 is 1.24 bits per heavy atom. The van der Waals surface area contributed by atoms with Gasteiger partial charge in [0.25, 0.3) is 0 Å². The van der Waals surface area contributed by atoms with Gasteiger partial charge < -0.3 is 5.11 Å². The van der Waals surface area contributed by atoms with E-state index in [1.807, 2.05) is 13.8 Å². The molecule has 0 amide bonds. The second-order valence-electron chi connectivity index (χ2n) is 5.88. The molecule has 0 spiro atoms. The van der Waals surface area contributed by atoms with Crippen molar-refractivity contribution in [3.05, 3.63) is 0 Å². The lowest BCUT2D eigenvalue weighted by Gasteiger charge is -2.21. The number of carbonyl (C=O) groups is 1. The molecular formula is C12H24O4S. The number of sulfone groups is 1. The summed E-state index contributed by atoms with van der Waals surface area (Å²) in [5.74, 6) is -1.26. The van der Waals surface area contributed by atoms with Crippen molar-refractivity contribution in [2.45, 2.75) is 52.2 Å². The molecular weight excluding hydrogens is 240 g/mol. The Kier molecular flexibility index (Phi) is 5.65. The molecule has 0 heterocycles. The van der Waals surface area contributed by atoms with Crippen LogP contribution in [-0.2, 0) is 14.6 Å². The summed E-state index contributed by atoms with van der Waals surface area (Å²) in [6, 6.07) is 0. The number of carboxylic acid groups (broad SMARTS) is 1. The summed E-state index contributed by atoms with van der Waals surface area (Å²) in [6.07, 6.45) is 0.724. The molecule has 102 valence electrons. The van der Waals surface area contributed by atoms with Gasteiger partial charge >= 0.3 is 5.97 Å². The summed E-state index contributed by atoms with van der Waals surface area (Å²) >= 11 is 0. The monoisotopic (exact) mass is 264 g/mol. The molecule has 0 saturated carbocycles. The van der Waals surface area contributed by atoms with Gasteiger partial charge in [-0.05, 0) is 39.5 Å². The highest BCUT2D eigenvalue weighted by Crippen LogP contribution is 2.21. The molecule has 0 rings (SSSR count). The smallest absolute Gasteiger partial charge is 0.306 e. The third-order valence-electron chi connectivity index (χ3n) is 2.77. The summed E-state index contributed by atoms with van der Waals surface area (Å²) in [4.78, 5) is 11.0. The Hall–Kier alpha value is -0.580. The fourth-order valence-corrected chi connectivity index (χ4v) is 2.72. The van der Waals surface area contributed by atoms with Gasteiger partial charge in [0.2, 0.25) is 0 Å². The normalized spacial score (nSPS) is 14.9. The van der Waals surface area contributed by atoms with Crippen molar-refractivity contribution >= 4 is 15.8 Å². The summed E-state index contributed by atoms with van der Waals surface area (Å²) in [7, 11) is -3.23. The van der Waals surface area contributed by atoms with Crippen LogP contribution in [0.3, 0.4) is 0 Å². The van der Waals surface area contributed by atoms with Crippen LogP contribution in [0, 0.1) is 11.8 Å². The number of aliphatic carboxylic acids is 1. The van der Waals surface area contributed by atoms with E-state index in [1.165, 1.54) is 0 Å². The average Bonchev–Trinajstić information content (AvgIpc) is 2.09. The van der Waals surface area contributed by atoms with Crippen LogP contribution in [0.5, 0.6) is 0 Å². The van der Waals surface area contributed by atoms with Crippen molar-refractivity contribution in [1.82, 2.24) is 0 Å². The first kappa shape index (κ1) is 16.4. The molecule has 0 aromatic rings. The van der Waals surface area contributed by atoms with Crippen molar-refractivity contribution in [2.75, 3.05) is 5.75 Å². The number of hydrogen-bond donors (Lipinski definition) is 1. The number of rotatable bonds is 6. The lowest BCUT2D eigenvalue weighted by Crippen LogP contribution is -2.32. The molecule has 0 saturated heterocycles. The van der Waals surface area contributed by atoms with Crippen molar-refractivity contribution in [3.63, 3.8) is 0 Å². The van der Waals surface area contributed by atoms with Gasteiger partial charge in [-0.25, -0.2) is 8.42 Å². The lowest BCUT2D eigenvalue weighted by atomic mass is 9.95. The van der Waals surface area contributed by atoms with E-state index in [1.54, 1.807) is 20.8 Å². The first-order chi connectivity index (χ1) is 7.47. The van der Waals surface area contributed by atoms with E-state index >= 15 is 0 Å². The van der Waals surface area contributed by atoms with Gasteiger partial charge in [0.05, 0.1) is 16.4 Å². The van der Waals surface area contributed by atoms with E-state index in [9.17, 15) is 13.2 Å². The Morgan fingerprint density at radius 3 is 2.00 bits per heavy atom. The Labute approximate surface area is 104 Å². The van der Waals surface area contributed by atoms with Crippen molar-refractivity contribution in [3.8, 4) is 0 Å². The molecule has 0 radical (unpaired) electrons. The van der Waals surface area contributed by atoms with Gasteiger partial charge in [0.1, 0.15) is 0 Å². The van der Waals surface area contributed by atoms with Gasteiger partial charge in [-0.3, -0.25) is 4.79 Å². The highest BCUT2D eigenvalue weighted by atomic mass is 32.2. The van der Waals surface area contributed by atoms with Gasteiger partial charge in [-0.2, -0.15) is 0 Å². The largest absolute Gasteiger partial charge is 0.481 e. The molecule has 1 unspecified atom stereocenters. The molecule has 0 aromatic carbocycles. The zero-order chi connectivity index (χ0) is 13.9. The molecule has 17 heavy (non-hydrogen) atoms. The molecule has 0 aliphatic heterocycles. The maximum Gasteiger partial charge on any atom is 0.306 e. The Morgan fingerprint density at radius 2 is 1.71 bits per heavy atom. The van der Waals surface area contributed by atoms with E-state index in [4.69, 9.17) is 5.11 Å². The van der Waals surface area contributed by atoms with Crippen LogP contribution in [-0.4, -0.2) is 30.0 Å². The van der Waals surface area contributed by atoms with E-state index in [0.29, 0.717) is 6.42 Å². The predicted molar refractivity (Wildman–Crippen MR) is 68.7 cm³/mol. The van der Waals surface area contributed by atoms with Crippen molar-refractivity contribution < 1.29 is 18.3 Å². The second-order valence-corrected chi connectivity index (χ2v) is 8.75. The van der Waals surface area contributed by atoms with E-state index in [0.717, 1.165) is 0 Å². The number of carboxylic acids is 1. The van der Waals surface area contributed by atoms with Gasteiger partial charge in [-0.1, -0.05) is 13.8 Å². The fourth-order valence-electron chi connectivity index (χ4n) is 1.51. The molecule has 0 aromatic heterocycles. The third kappa shape index (κ3) is 5.52. The van der Waals surface area contributed by atoms with Crippen molar-refractivity contribution in [1.29, 1.82) is 0 Å². The fraction of sp³-hybridized carbons (Fsp3) is 0.917. The Balaban J connectivity index is 4.58. The third-order valence-corrected chi connectivity index (χ3v) is 5.41. The molecule has 1 N–H and O–H groups in total. The lowest BCUT2D eigenvalue weighted by molar-refractivity contribution is -0.142. The molecule has 4 nitrogen and oxygen atoms in total. The van der Waals surface area contributed by atoms with Crippen molar-refractivity contribution in [2.24, 2.45) is 11.8 Å². The van der Waals surface area contributed by atoms with Crippen LogP contribution in [0.15, 0.2) is 0 Å². The van der Waals surface area contributed by atoms with E-state index in [2.05, 4.69) is 0 Å². The zero-order valence-electron chi connectivity index (χ0n) is 11.4. The molecule has 5 heteroatoms. The maximum absolute atomic E-state index is 11.9. The quantitative estimate of drug-likeness (QED) is 0.799. The zero-order valence-corrected chi connectivity index (χ0v) is 12.2. The SMILES string of the molecule is CC(C)CC(CCS(=O)(=O)C(C)(C)C)C(=O)O. The van der Waals surface area contributed by atoms with Gasteiger partial charge in [0, 0.05) is 0 Å². The summed E-state index contributed by atoms with van der Waals surface area (Å²) in [6.45, 7) is 8.80. The van der Waals surface area contributed by atoms with E-state index < -0.39 is 26.5 Å². The van der Waals surface area contributed by atoms with Crippen LogP contribution >= 0.6 is 0 Å². The van der Waals surface area contributed by atoms with Crippen LogP contribution < -0.4 is 0 Å². The molecule has 0 aliphatic rings.